The summed E-state index contributed by atoms with van der Waals surface area (Å²) in [5.41, 5.74) is 1.50. The van der Waals surface area contributed by atoms with Crippen LogP contribution < -0.4 is 9.47 Å². The van der Waals surface area contributed by atoms with Crippen molar-refractivity contribution in [2.75, 3.05) is 6.79 Å². The molecule has 0 amide bonds. The molecule has 0 spiro atoms. The molecule has 0 radical (unpaired) electrons. The van der Waals surface area contributed by atoms with E-state index in [0.717, 1.165) is 11.1 Å². The first-order valence-electron chi connectivity index (χ1n) is 6.30. The van der Waals surface area contributed by atoms with E-state index in [1.165, 1.54) is 0 Å². The van der Waals surface area contributed by atoms with Gasteiger partial charge < -0.3 is 14.0 Å². The molecule has 0 saturated heterocycles. The molecule has 1 aliphatic heterocycles. The highest BCUT2D eigenvalue weighted by Gasteiger charge is 2.17. The lowest BCUT2D eigenvalue weighted by Crippen LogP contribution is -1.92. The third kappa shape index (κ3) is 2.11. The molecule has 1 aromatic heterocycles. The zero-order valence-electron chi connectivity index (χ0n) is 10.7. The van der Waals surface area contributed by atoms with Crippen LogP contribution in [-0.2, 0) is 0 Å². The molecular weight excluding hydrogens is 292 g/mol. The van der Waals surface area contributed by atoms with E-state index in [9.17, 15) is 0 Å². The van der Waals surface area contributed by atoms with Gasteiger partial charge in [0, 0.05) is 11.1 Å². The number of fused-ring (bicyclic) bond motifs is 1. The van der Waals surface area contributed by atoms with E-state index < -0.39 is 0 Å². The number of hydrogen-bond donors (Lipinski definition) is 0. The van der Waals surface area contributed by atoms with Crippen LogP contribution in [0.3, 0.4) is 0 Å². The molecular formula is C15H9ClN2O3. The van der Waals surface area contributed by atoms with Gasteiger partial charge in [-0.05, 0) is 30.3 Å². The van der Waals surface area contributed by atoms with Crippen molar-refractivity contribution >= 4 is 11.6 Å². The largest absolute Gasteiger partial charge is 0.454 e. The first kappa shape index (κ1) is 12.2. The number of hydrogen-bond acceptors (Lipinski definition) is 5. The Morgan fingerprint density at radius 3 is 2.76 bits per heavy atom. The van der Waals surface area contributed by atoms with Crippen molar-refractivity contribution in [1.82, 2.24) is 10.1 Å². The van der Waals surface area contributed by atoms with Crippen LogP contribution in [0.15, 0.2) is 47.0 Å². The second kappa shape index (κ2) is 4.79. The van der Waals surface area contributed by atoms with Crippen molar-refractivity contribution in [3.05, 3.63) is 47.5 Å². The molecule has 2 heterocycles. The Hall–Kier alpha value is -2.53. The lowest BCUT2D eigenvalue weighted by atomic mass is 10.2. The van der Waals surface area contributed by atoms with Gasteiger partial charge in [-0.1, -0.05) is 28.9 Å². The minimum absolute atomic E-state index is 0.230. The van der Waals surface area contributed by atoms with Gasteiger partial charge in [0.2, 0.25) is 12.6 Å². The normalized spacial score (nSPS) is 12.6. The fourth-order valence-electron chi connectivity index (χ4n) is 2.12. The molecule has 5 nitrogen and oxygen atoms in total. The average molecular weight is 301 g/mol. The minimum atomic E-state index is 0.230. The van der Waals surface area contributed by atoms with Crippen LogP contribution in [-0.4, -0.2) is 16.9 Å². The van der Waals surface area contributed by atoms with Crippen LogP contribution in [0.1, 0.15) is 0 Å². The fourth-order valence-corrected chi connectivity index (χ4v) is 2.34. The summed E-state index contributed by atoms with van der Waals surface area (Å²) in [5, 5.41) is 4.55. The van der Waals surface area contributed by atoms with Crippen LogP contribution >= 0.6 is 11.6 Å². The van der Waals surface area contributed by atoms with Gasteiger partial charge in [0.05, 0.1) is 5.02 Å². The minimum Gasteiger partial charge on any atom is -0.454 e. The summed E-state index contributed by atoms with van der Waals surface area (Å²) >= 11 is 6.13. The lowest BCUT2D eigenvalue weighted by Gasteiger charge is -1.98. The van der Waals surface area contributed by atoms with Crippen molar-refractivity contribution < 1.29 is 14.0 Å². The Morgan fingerprint density at radius 1 is 1.00 bits per heavy atom. The van der Waals surface area contributed by atoms with Gasteiger partial charge in [-0.2, -0.15) is 4.98 Å². The lowest BCUT2D eigenvalue weighted by molar-refractivity contribution is 0.174. The molecule has 0 saturated carbocycles. The maximum absolute atomic E-state index is 6.13. The van der Waals surface area contributed by atoms with E-state index in [1.54, 1.807) is 6.07 Å². The Bertz CT molecular complexity index is 816. The predicted molar refractivity (Wildman–Crippen MR) is 76.3 cm³/mol. The van der Waals surface area contributed by atoms with Gasteiger partial charge in [0.1, 0.15) is 0 Å². The molecule has 6 heteroatoms. The van der Waals surface area contributed by atoms with Crippen molar-refractivity contribution in [1.29, 1.82) is 0 Å². The number of nitrogens with zero attached hydrogens (tertiary/aromatic N) is 2. The fraction of sp³-hybridized carbons (Fsp3) is 0.0667. The topological polar surface area (TPSA) is 57.4 Å². The smallest absolute Gasteiger partial charge is 0.258 e. The molecule has 2 aromatic carbocycles. The number of ether oxygens (including phenoxy) is 2. The summed E-state index contributed by atoms with van der Waals surface area (Å²) in [6.07, 6.45) is 0. The highest BCUT2D eigenvalue weighted by molar-refractivity contribution is 6.33. The molecule has 0 bridgehead atoms. The molecule has 4 rings (SSSR count). The first-order chi connectivity index (χ1) is 10.3. The highest BCUT2D eigenvalue weighted by Crippen LogP contribution is 2.36. The maximum atomic E-state index is 6.13. The molecule has 0 atom stereocenters. The maximum Gasteiger partial charge on any atom is 0.258 e. The van der Waals surface area contributed by atoms with Crippen LogP contribution in [0, 0.1) is 0 Å². The predicted octanol–water partition coefficient (Wildman–Crippen LogP) is 3.79. The number of halogens is 1. The summed E-state index contributed by atoms with van der Waals surface area (Å²) < 4.78 is 15.9. The molecule has 21 heavy (non-hydrogen) atoms. The van der Waals surface area contributed by atoms with Crippen molar-refractivity contribution in [2.24, 2.45) is 0 Å². The number of aromatic nitrogens is 2. The summed E-state index contributed by atoms with van der Waals surface area (Å²) in [6, 6.07) is 12.8. The van der Waals surface area contributed by atoms with Gasteiger partial charge in [0.25, 0.3) is 5.89 Å². The quantitative estimate of drug-likeness (QED) is 0.720. The summed E-state index contributed by atoms with van der Waals surface area (Å²) in [4.78, 5) is 4.38. The van der Waals surface area contributed by atoms with Gasteiger partial charge >= 0.3 is 0 Å². The molecule has 3 aromatic rings. The third-order valence-electron chi connectivity index (χ3n) is 3.16. The van der Waals surface area contributed by atoms with Gasteiger partial charge in [0.15, 0.2) is 11.5 Å². The second-order valence-electron chi connectivity index (χ2n) is 4.47. The molecule has 1 aliphatic rings. The Labute approximate surface area is 125 Å². The zero-order valence-corrected chi connectivity index (χ0v) is 11.5. The van der Waals surface area contributed by atoms with Gasteiger partial charge in [-0.25, -0.2) is 0 Å². The van der Waals surface area contributed by atoms with Gasteiger partial charge in [-0.15, -0.1) is 0 Å². The van der Waals surface area contributed by atoms with Crippen LogP contribution in [0.2, 0.25) is 5.02 Å². The van der Waals surface area contributed by atoms with Gasteiger partial charge in [-0.3, -0.25) is 0 Å². The highest BCUT2D eigenvalue weighted by atomic mass is 35.5. The Kier molecular flexibility index (Phi) is 2.79. The van der Waals surface area contributed by atoms with E-state index in [4.69, 9.17) is 25.6 Å². The standard InChI is InChI=1S/C15H9ClN2O3/c16-11-4-2-1-3-10(11)14-17-15(21-18-14)9-5-6-12-13(7-9)20-8-19-12/h1-7H,8H2. The van der Waals surface area contributed by atoms with E-state index in [0.29, 0.717) is 28.2 Å². The Morgan fingerprint density at radius 2 is 1.86 bits per heavy atom. The second-order valence-corrected chi connectivity index (χ2v) is 4.88. The number of benzene rings is 2. The summed E-state index contributed by atoms with van der Waals surface area (Å²) in [7, 11) is 0. The summed E-state index contributed by atoms with van der Waals surface area (Å²) in [5.74, 6) is 2.24. The Balaban J connectivity index is 1.73. The van der Waals surface area contributed by atoms with E-state index in [1.807, 2.05) is 36.4 Å². The number of rotatable bonds is 2. The van der Waals surface area contributed by atoms with Crippen LogP contribution in [0.4, 0.5) is 0 Å². The average Bonchev–Trinajstić information content (AvgIpc) is 3.16. The van der Waals surface area contributed by atoms with E-state index >= 15 is 0 Å². The van der Waals surface area contributed by atoms with Crippen molar-refractivity contribution in [3.8, 4) is 34.3 Å². The monoisotopic (exact) mass is 300 g/mol. The van der Waals surface area contributed by atoms with E-state index in [2.05, 4.69) is 10.1 Å². The molecule has 0 aliphatic carbocycles. The SMILES string of the molecule is Clc1ccccc1-c1noc(-c2ccc3c(c2)OCO3)n1. The first-order valence-corrected chi connectivity index (χ1v) is 6.68. The third-order valence-corrected chi connectivity index (χ3v) is 3.49. The molecule has 0 fully saturated rings. The molecule has 104 valence electrons. The van der Waals surface area contributed by atoms with Crippen molar-refractivity contribution in [3.63, 3.8) is 0 Å². The molecule has 0 unspecified atom stereocenters. The summed E-state index contributed by atoms with van der Waals surface area (Å²) in [6.45, 7) is 0.230. The van der Waals surface area contributed by atoms with Crippen LogP contribution in [0.25, 0.3) is 22.8 Å². The van der Waals surface area contributed by atoms with Crippen molar-refractivity contribution in [2.45, 2.75) is 0 Å². The molecule has 0 N–H and O–H groups in total. The van der Waals surface area contributed by atoms with Crippen LogP contribution in [0.5, 0.6) is 11.5 Å². The zero-order chi connectivity index (χ0) is 14.2. The van der Waals surface area contributed by atoms with E-state index in [-0.39, 0.29) is 6.79 Å².